The smallest absolute Gasteiger partial charge is 0.410 e. The minimum atomic E-state index is -0.536. The minimum absolute atomic E-state index is 0.287. The van der Waals surface area contributed by atoms with E-state index in [4.69, 9.17) is 14.7 Å². The van der Waals surface area contributed by atoms with Gasteiger partial charge in [0.2, 0.25) is 5.95 Å². The molecule has 40 heavy (non-hydrogen) atoms. The summed E-state index contributed by atoms with van der Waals surface area (Å²) in [5.41, 5.74) is 3.42. The predicted octanol–water partition coefficient (Wildman–Crippen LogP) is 4.58. The number of halogens is 1. The Morgan fingerprint density at radius 2 is 1.82 bits per heavy atom. The molecule has 0 atom stereocenters. The van der Waals surface area contributed by atoms with E-state index in [-0.39, 0.29) is 11.8 Å². The van der Waals surface area contributed by atoms with E-state index in [2.05, 4.69) is 25.1 Å². The van der Waals surface area contributed by atoms with Crippen LogP contribution in [0.1, 0.15) is 31.9 Å². The van der Waals surface area contributed by atoms with Crippen molar-refractivity contribution in [2.45, 2.75) is 26.4 Å². The van der Waals surface area contributed by atoms with Crippen LogP contribution in [0.4, 0.5) is 32.3 Å². The number of aliphatic imine (C=N–C) groups is 1. The monoisotopic (exact) mass is 542 g/mol. The number of amides is 1. The Balaban J connectivity index is 1.16. The molecule has 1 aromatic carbocycles. The van der Waals surface area contributed by atoms with Crippen molar-refractivity contribution >= 4 is 46.7 Å². The molecule has 0 saturated carbocycles. The zero-order valence-electron chi connectivity index (χ0n) is 22.8. The van der Waals surface area contributed by atoms with Crippen LogP contribution in [0.15, 0.2) is 53.9 Å². The molecule has 3 aliphatic heterocycles. The van der Waals surface area contributed by atoms with Crippen LogP contribution in [-0.2, 0) is 4.74 Å². The molecule has 0 radical (unpaired) electrons. The summed E-state index contributed by atoms with van der Waals surface area (Å²) in [5.74, 6) is 1.51. The van der Waals surface area contributed by atoms with Crippen LogP contribution in [-0.4, -0.2) is 76.7 Å². The van der Waals surface area contributed by atoms with Crippen molar-refractivity contribution in [3.8, 4) is 0 Å². The highest BCUT2D eigenvalue weighted by molar-refractivity contribution is 6.35. The van der Waals surface area contributed by atoms with Crippen LogP contribution in [0.5, 0.6) is 0 Å². The van der Waals surface area contributed by atoms with Gasteiger partial charge >= 0.3 is 6.09 Å². The van der Waals surface area contributed by atoms with E-state index < -0.39 is 11.4 Å². The van der Waals surface area contributed by atoms with Crippen molar-refractivity contribution in [3.63, 3.8) is 0 Å². The first-order valence-electron chi connectivity index (χ1n) is 13.4. The molecule has 1 saturated heterocycles. The third kappa shape index (κ3) is 5.18. The molecule has 0 bridgehead atoms. The number of piperazine rings is 1. The van der Waals surface area contributed by atoms with Crippen LogP contribution >= 0.6 is 0 Å². The van der Waals surface area contributed by atoms with E-state index in [1.54, 1.807) is 29.6 Å². The van der Waals surface area contributed by atoms with Gasteiger partial charge in [0.05, 0.1) is 12.2 Å². The average Bonchev–Trinajstić information content (AvgIpc) is 3.44. The molecule has 206 valence electrons. The number of rotatable bonds is 4. The molecule has 0 aliphatic carbocycles. The highest BCUT2D eigenvalue weighted by Gasteiger charge is 2.31. The number of nitrogens with one attached hydrogen (secondary N) is 1. The molecule has 3 aliphatic rings. The van der Waals surface area contributed by atoms with Crippen LogP contribution in [0.3, 0.4) is 0 Å². The first-order chi connectivity index (χ1) is 19.2. The second-order valence-corrected chi connectivity index (χ2v) is 10.9. The van der Waals surface area contributed by atoms with Crippen LogP contribution in [0, 0.1) is 5.82 Å². The summed E-state index contributed by atoms with van der Waals surface area (Å²) >= 11 is 0. The highest BCUT2D eigenvalue weighted by Crippen LogP contribution is 2.35. The van der Waals surface area contributed by atoms with Gasteiger partial charge in [0, 0.05) is 68.1 Å². The zero-order chi connectivity index (χ0) is 27.9. The summed E-state index contributed by atoms with van der Waals surface area (Å²) in [6, 6.07) is 8.97. The van der Waals surface area contributed by atoms with Gasteiger partial charge in [-0.3, -0.25) is 9.98 Å². The summed E-state index contributed by atoms with van der Waals surface area (Å²) in [6.45, 7) is 9.15. The summed E-state index contributed by atoms with van der Waals surface area (Å²) in [7, 11) is 0. The van der Waals surface area contributed by atoms with Gasteiger partial charge in [-0.25, -0.2) is 14.2 Å². The van der Waals surface area contributed by atoms with Crippen molar-refractivity contribution in [2.24, 2.45) is 4.99 Å². The molecule has 0 unspecified atom stereocenters. The molecule has 11 heteroatoms. The zero-order valence-corrected chi connectivity index (χ0v) is 22.8. The van der Waals surface area contributed by atoms with E-state index in [0.717, 1.165) is 34.0 Å². The number of aromatic nitrogens is 3. The third-order valence-electron chi connectivity index (χ3n) is 6.92. The van der Waals surface area contributed by atoms with Gasteiger partial charge in [-0.2, -0.15) is 4.98 Å². The molecule has 1 amide bonds. The Bertz CT molecular complexity index is 1490. The van der Waals surface area contributed by atoms with E-state index in [0.29, 0.717) is 45.2 Å². The number of carbonyl (C=O) groups is 1. The number of benzene rings is 1. The summed E-state index contributed by atoms with van der Waals surface area (Å²) in [5, 5.41) is 3.04. The average molecular weight is 543 g/mol. The predicted molar refractivity (Wildman–Crippen MR) is 153 cm³/mol. The first-order valence-corrected chi connectivity index (χ1v) is 13.4. The molecule has 1 N–H and O–H groups in total. The van der Waals surface area contributed by atoms with Gasteiger partial charge in [-0.15, -0.1) is 0 Å². The second-order valence-electron chi connectivity index (χ2n) is 10.9. The number of hydrogen-bond donors (Lipinski definition) is 1. The number of carbonyl (C=O) groups excluding carboxylic acids is 1. The largest absolute Gasteiger partial charge is 0.444 e. The lowest BCUT2D eigenvalue weighted by atomic mass is 10.00. The van der Waals surface area contributed by atoms with E-state index >= 15 is 4.39 Å². The molecule has 5 heterocycles. The van der Waals surface area contributed by atoms with Crippen LogP contribution in [0.2, 0.25) is 0 Å². The van der Waals surface area contributed by atoms with Gasteiger partial charge in [0.1, 0.15) is 23.1 Å². The fourth-order valence-electron chi connectivity index (χ4n) is 5.00. The third-order valence-corrected chi connectivity index (χ3v) is 6.92. The normalized spacial score (nSPS) is 16.6. The standard InChI is InChI=1S/C29H31FN8O2/c1-29(2,3)40-28(39)37-14-12-36(13-15-37)21-4-5-24(23(30)17-21)34-27-33-18-20-16-22(19-6-8-31-9-7-19)26-32-10-11-38(26)25(20)35-27/h4-9,16-18H,10-15H2,1-3H3,(H,33,34,35). The molecule has 6 rings (SSSR count). The minimum Gasteiger partial charge on any atom is -0.444 e. The SMILES string of the molecule is CC(C)(C)OC(=O)N1CCN(c2ccc(Nc3ncc4c(n3)N3CCN=C3C(c3ccncc3)=C4)c(F)c2)CC1. The Hall–Kier alpha value is -4.54. The number of hydrogen-bond acceptors (Lipinski definition) is 9. The summed E-state index contributed by atoms with van der Waals surface area (Å²) in [4.78, 5) is 36.2. The maximum absolute atomic E-state index is 15.2. The lowest BCUT2D eigenvalue weighted by molar-refractivity contribution is 0.0240. The quantitative estimate of drug-likeness (QED) is 0.512. The van der Waals surface area contributed by atoms with Gasteiger partial charge in [0.25, 0.3) is 0 Å². The van der Waals surface area contributed by atoms with Crippen molar-refractivity contribution < 1.29 is 13.9 Å². The maximum atomic E-state index is 15.2. The van der Waals surface area contributed by atoms with E-state index in [1.165, 1.54) is 6.07 Å². The molecule has 0 spiro atoms. The number of amidine groups is 1. The van der Waals surface area contributed by atoms with Crippen molar-refractivity contribution in [2.75, 3.05) is 54.4 Å². The van der Waals surface area contributed by atoms with E-state index in [1.807, 2.05) is 45.0 Å². The summed E-state index contributed by atoms with van der Waals surface area (Å²) < 4.78 is 20.7. The second kappa shape index (κ2) is 10.2. The van der Waals surface area contributed by atoms with E-state index in [9.17, 15) is 4.79 Å². The number of anilines is 4. The maximum Gasteiger partial charge on any atom is 0.410 e. The Labute approximate surface area is 232 Å². The van der Waals surface area contributed by atoms with Gasteiger partial charge in [0.15, 0.2) is 0 Å². The van der Waals surface area contributed by atoms with Gasteiger partial charge in [-0.05, 0) is 62.7 Å². The number of fused-ring (bicyclic) bond motifs is 3. The van der Waals surface area contributed by atoms with Crippen molar-refractivity contribution in [1.29, 1.82) is 0 Å². The number of ether oxygens (including phenoxy) is 1. The highest BCUT2D eigenvalue weighted by atomic mass is 19.1. The number of nitrogens with zero attached hydrogens (tertiary/aromatic N) is 7. The van der Waals surface area contributed by atoms with Crippen LogP contribution in [0.25, 0.3) is 11.6 Å². The molecule has 2 aromatic heterocycles. The summed E-state index contributed by atoms with van der Waals surface area (Å²) in [6.07, 6.45) is 6.99. The fourth-order valence-corrected chi connectivity index (χ4v) is 5.00. The van der Waals surface area contributed by atoms with Gasteiger partial charge < -0.3 is 24.8 Å². The Kier molecular flexibility index (Phi) is 6.57. The lowest BCUT2D eigenvalue weighted by Gasteiger charge is -2.36. The van der Waals surface area contributed by atoms with Crippen molar-refractivity contribution in [3.05, 3.63) is 65.9 Å². The molecular weight excluding hydrogens is 511 g/mol. The molecule has 3 aromatic rings. The van der Waals surface area contributed by atoms with Crippen molar-refractivity contribution in [1.82, 2.24) is 19.9 Å². The van der Waals surface area contributed by atoms with Gasteiger partial charge in [-0.1, -0.05) is 0 Å². The lowest BCUT2D eigenvalue weighted by Crippen LogP contribution is -2.50. The molecule has 10 nitrogen and oxygen atoms in total. The molecular formula is C29H31FN8O2. The Morgan fingerprint density at radius 1 is 1.05 bits per heavy atom. The topological polar surface area (TPSA) is 99.1 Å². The molecule has 1 fully saturated rings. The van der Waals surface area contributed by atoms with Crippen LogP contribution < -0.4 is 15.1 Å². The Morgan fingerprint density at radius 3 is 2.55 bits per heavy atom. The fraction of sp³-hybridized carbons (Fsp3) is 0.345. The number of pyridine rings is 1. The first kappa shape index (κ1) is 25.7.